The Kier molecular flexibility index (Phi) is 5.66. The number of halogens is 1. The van der Waals surface area contributed by atoms with Gasteiger partial charge >= 0.3 is 0 Å². The highest BCUT2D eigenvalue weighted by atomic mass is 35.5. The van der Waals surface area contributed by atoms with Crippen LogP contribution in [0, 0.1) is 0 Å². The van der Waals surface area contributed by atoms with Crippen LogP contribution in [0.4, 0.5) is 5.69 Å². The van der Waals surface area contributed by atoms with Crippen LogP contribution in [0.2, 0.25) is 5.02 Å². The molecule has 2 aromatic carbocycles. The van der Waals surface area contributed by atoms with Crippen molar-refractivity contribution in [2.24, 2.45) is 5.73 Å². The smallest absolute Gasteiger partial charge is 0.151 e. The molecular formula is C21H27ClN3O+. The number of methoxy groups -OCH3 is 1. The van der Waals surface area contributed by atoms with Gasteiger partial charge in [-0.1, -0.05) is 11.6 Å². The van der Waals surface area contributed by atoms with Gasteiger partial charge in [0, 0.05) is 11.4 Å². The van der Waals surface area contributed by atoms with E-state index in [9.17, 15) is 0 Å². The van der Waals surface area contributed by atoms with E-state index in [4.69, 9.17) is 27.1 Å². The third-order valence-corrected chi connectivity index (χ3v) is 5.63. The molecular weight excluding hydrogens is 346 g/mol. The summed E-state index contributed by atoms with van der Waals surface area (Å²) in [5.74, 6) is 0.845. The summed E-state index contributed by atoms with van der Waals surface area (Å²) in [7, 11) is 1.70. The number of benzene rings is 2. The Morgan fingerprint density at radius 3 is 2.46 bits per heavy atom. The molecule has 3 rings (SSSR count). The van der Waals surface area contributed by atoms with Gasteiger partial charge in [-0.15, -0.1) is 0 Å². The minimum absolute atomic E-state index is 0.691. The maximum atomic E-state index is 6.25. The maximum Gasteiger partial charge on any atom is 0.151 e. The van der Waals surface area contributed by atoms with Crippen LogP contribution in [-0.4, -0.2) is 38.3 Å². The predicted molar refractivity (Wildman–Crippen MR) is 112 cm³/mol. The van der Waals surface area contributed by atoms with Crippen molar-refractivity contribution < 1.29 is 4.74 Å². The molecule has 0 radical (unpaired) electrons. The highest BCUT2D eigenvalue weighted by molar-refractivity contribution is 6.31. The highest BCUT2D eigenvalue weighted by Gasteiger charge is 2.31. The van der Waals surface area contributed by atoms with Crippen LogP contribution in [0.5, 0.6) is 5.75 Å². The molecule has 5 heteroatoms. The number of rotatable bonds is 7. The molecule has 0 atom stereocenters. The first-order valence-corrected chi connectivity index (χ1v) is 9.60. The number of hydrogen-bond acceptors (Lipinski definition) is 3. The van der Waals surface area contributed by atoms with E-state index < -0.39 is 0 Å². The van der Waals surface area contributed by atoms with Gasteiger partial charge in [-0.05, 0) is 56.8 Å². The maximum absolute atomic E-state index is 6.25. The number of nitrogens with two attached hydrogens (primary N) is 1. The average Bonchev–Trinajstić information content (AvgIpc) is 2.67. The summed E-state index contributed by atoms with van der Waals surface area (Å²) in [6, 6.07) is 12.1. The van der Waals surface area contributed by atoms with Crippen molar-refractivity contribution in [2.75, 3.05) is 33.3 Å². The molecule has 0 saturated carbocycles. The normalized spacial score (nSPS) is 12.0. The van der Waals surface area contributed by atoms with Gasteiger partial charge in [-0.2, -0.15) is 0 Å². The van der Waals surface area contributed by atoms with Gasteiger partial charge in [0.05, 0.1) is 48.5 Å². The first-order valence-electron chi connectivity index (χ1n) is 9.22. The number of ether oxygens (including phenoxy) is 1. The molecule has 0 aliphatic carbocycles. The Morgan fingerprint density at radius 1 is 1.04 bits per heavy atom. The van der Waals surface area contributed by atoms with Crippen molar-refractivity contribution >= 4 is 39.1 Å². The molecule has 0 fully saturated rings. The zero-order chi connectivity index (χ0) is 18.7. The van der Waals surface area contributed by atoms with E-state index in [0.717, 1.165) is 58.1 Å². The van der Waals surface area contributed by atoms with Crippen molar-refractivity contribution in [3.8, 4) is 5.75 Å². The molecule has 2 N–H and O–H groups in total. The molecule has 0 aliphatic rings. The van der Waals surface area contributed by atoms with Crippen LogP contribution in [0.15, 0.2) is 36.4 Å². The van der Waals surface area contributed by atoms with Gasteiger partial charge in [0.1, 0.15) is 5.75 Å². The number of hydrogen-bond donors (Lipinski definition) is 1. The van der Waals surface area contributed by atoms with Crippen LogP contribution >= 0.6 is 11.6 Å². The Bertz CT molecular complexity index is 922. The summed E-state index contributed by atoms with van der Waals surface area (Å²) in [6.45, 7) is 8.16. The third kappa shape index (κ3) is 3.25. The van der Waals surface area contributed by atoms with Crippen molar-refractivity contribution in [1.82, 2.24) is 9.47 Å². The molecule has 0 spiro atoms. The Hall–Kier alpha value is -1.88. The molecule has 1 heterocycles. The summed E-state index contributed by atoms with van der Waals surface area (Å²) in [5.41, 5.74) is 9.04. The largest absolute Gasteiger partial charge is 0.497 e. The fourth-order valence-electron chi connectivity index (χ4n) is 3.87. The van der Waals surface area contributed by atoms with E-state index in [0.29, 0.717) is 11.6 Å². The second-order valence-electron chi connectivity index (χ2n) is 6.65. The lowest BCUT2D eigenvalue weighted by Gasteiger charge is -2.38. The summed E-state index contributed by atoms with van der Waals surface area (Å²) in [4.78, 5) is 4.86. The van der Waals surface area contributed by atoms with Crippen molar-refractivity contribution in [2.45, 2.75) is 20.3 Å². The fraction of sp³-hybridized carbons (Fsp3) is 0.381. The Labute approximate surface area is 160 Å². The number of pyridine rings is 1. The first kappa shape index (κ1) is 18.9. The molecule has 0 bridgehead atoms. The van der Waals surface area contributed by atoms with E-state index in [1.54, 1.807) is 7.11 Å². The van der Waals surface area contributed by atoms with Gasteiger partial charge in [0.25, 0.3) is 0 Å². The minimum atomic E-state index is 0.691. The van der Waals surface area contributed by atoms with Crippen molar-refractivity contribution in [3.05, 3.63) is 41.4 Å². The third-order valence-electron chi connectivity index (χ3n) is 5.39. The summed E-state index contributed by atoms with van der Waals surface area (Å²) in [5, 5.41) is 2.99. The van der Waals surface area contributed by atoms with Crippen LogP contribution in [0.25, 0.3) is 21.8 Å². The second kappa shape index (κ2) is 7.78. The topological polar surface area (TPSA) is 48.1 Å². The van der Waals surface area contributed by atoms with Gasteiger partial charge in [-0.25, -0.2) is 4.98 Å². The average molecular weight is 373 g/mol. The molecule has 26 heavy (non-hydrogen) atoms. The molecule has 0 unspecified atom stereocenters. The predicted octanol–water partition coefficient (Wildman–Crippen LogP) is 4.75. The zero-order valence-electron chi connectivity index (χ0n) is 15.8. The van der Waals surface area contributed by atoms with E-state index in [1.807, 2.05) is 24.3 Å². The molecule has 0 saturated heterocycles. The lowest BCUT2D eigenvalue weighted by atomic mass is 10.0. The molecule has 0 aliphatic heterocycles. The molecule has 1 aromatic heterocycles. The van der Waals surface area contributed by atoms with Crippen molar-refractivity contribution in [1.29, 1.82) is 0 Å². The minimum Gasteiger partial charge on any atom is -0.497 e. The van der Waals surface area contributed by atoms with Crippen LogP contribution in [-0.2, 0) is 0 Å². The number of fused-ring (bicyclic) bond motifs is 2. The number of nitrogens with zero attached hydrogens (tertiary/aromatic N) is 2. The van der Waals surface area contributed by atoms with E-state index >= 15 is 0 Å². The zero-order valence-corrected chi connectivity index (χ0v) is 16.5. The van der Waals surface area contributed by atoms with Crippen LogP contribution in [0.3, 0.4) is 0 Å². The van der Waals surface area contributed by atoms with Crippen LogP contribution < -0.4 is 15.0 Å². The van der Waals surface area contributed by atoms with Crippen LogP contribution in [0.1, 0.15) is 20.3 Å². The SMILES string of the molecule is CC[N+](CC)(CCCN)c1c2ccc(Cl)cc2nc2ccc(OC)cc12. The van der Waals surface area contributed by atoms with E-state index in [2.05, 4.69) is 26.0 Å². The second-order valence-corrected chi connectivity index (χ2v) is 7.08. The standard InChI is InChI=1S/C21H27ClN3O/c1-4-25(5-2,12-6-11-23)21-17-9-7-15(22)13-20(17)24-19-10-8-16(26-3)14-18(19)21/h7-10,13-14H,4-6,11-12,23H2,1-3H3/q+1. The summed E-state index contributed by atoms with van der Waals surface area (Å²) in [6.07, 6.45) is 0.977. The number of quaternary nitrogens is 1. The van der Waals surface area contributed by atoms with E-state index in [-0.39, 0.29) is 0 Å². The lowest BCUT2D eigenvalue weighted by Crippen LogP contribution is -2.50. The van der Waals surface area contributed by atoms with Gasteiger partial charge in [-0.3, -0.25) is 4.48 Å². The summed E-state index contributed by atoms with van der Waals surface area (Å²) >= 11 is 6.25. The lowest BCUT2D eigenvalue weighted by molar-refractivity contribution is 0.302. The Balaban J connectivity index is 2.43. The monoisotopic (exact) mass is 372 g/mol. The summed E-state index contributed by atoms with van der Waals surface area (Å²) < 4.78 is 6.36. The van der Waals surface area contributed by atoms with Crippen molar-refractivity contribution in [3.63, 3.8) is 0 Å². The molecule has 0 amide bonds. The van der Waals surface area contributed by atoms with Gasteiger partial charge < -0.3 is 10.5 Å². The Morgan fingerprint density at radius 2 is 1.81 bits per heavy atom. The van der Waals surface area contributed by atoms with E-state index in [1.165, 1.54) is 5.69 Å². The van der Waals surface area contributed by atoms with Gasteiger partial charge in [0.2, 0.25) is 0 Å². The molecule has 3 aromatic rings. The fourth-order valence-corrected chi connectivity index (χ4v) is 4.04. The number of aromatic nitrogens is 1. The first-order chi connectivity index (χ1) is 12.6. The van der Waals surface area contributed by atoms with Gasteiger partial charge in [0.15, 0.2) is 5.69 Å². The highest BCUT2D eigenvalue weighted by Crippen LogP contribution is 2.40. The molecule has 138 valence electrons. The quantitative estimate of drug-likeness (QED) is 0.481. The molecule has 4 nitrogen and oxygen atoms in total.